The molecule has 1 unspecified atom stereocenters. The van der Waals surface area contributed by atoms with E-state index in [9.17, 15) is 22.8 Å². The molecule has 1 aromatic carbocycles. The van der Waals surface area contributed by atoms with Gasteiger partial charge in [0.1, 0.15) is 0 Å². The van der Waals surface area contributed by atoms with Gasteiger partial charge < -0.3 is 10.2 Å². The van der Waals surface area contributed by atoms with Gasteiger partial charge in [-0.05, 0) is 50.5 Å². The molecule has 0 spiro atoms. The largest absolute Gasteiger partial charge is 0.416 e. The standard InChI is InChI=1S/C17H21F3N2O2/c1-2-21-15(23)12-4-3-10-22(11-9-12)16(24)13-5-7-14(8-6-13)17(18,19)20/h5-8,12H,2-4,9-11H2,1H3,(H,21,23). The molecule has 4 nitrogen and oxygen atoms in total. The lowest BCUT2D eigenvalue weighted by Gasteiger charge is -2.21. The molecule has 132 valence electrons. The third-order valence-corrected chi connectivity index (χ3v) is 4.20. The van der Waals surface area contributed by atoms with Crippen LogP contribution >= 0.6 is 0 Å². The molecule has 1 fully saturated rings. The van der Waals surface area contributed by atoms with Crippen LogP contribution in [0.5, 0.6) is 0 Å². The predicted octanol–water partition coefficient (Wildman–Crippen LogP) is 3.08. The average Bonchev–Trinajstić information content (AvgIpc) is 2.80. The van der Waals surface area contributed by atoms with Crippen LogP contribution < -0.4 is 5.32 Å². The quantitative estimate of drug-likeness (QED) is 0.918. The Bertz CT molecular complexity index is 584. The lowest BCUT2D eigenvalue weighted by Crippen LogP contribution is -2.33. The fourth-order valence-corrected chi connectivity index (χ4v) is 2.86. The Morgan fingerprint density at radius 2 is 1.83 bits per heavy atom. The van der Waals surface area contributed by atoms with Gasteiger partial charge in [0.15, 0.2) is 0 Å². The molecule has 2 amide bonds. The van der Waals surface area contributed by atoms with Gasteiger partial charge in [-0.1, -0.05) is 0 Å². The first-order valence-electron chi connectivity index (χ1n) is 8.07. The van der Waals surface area contributed by atoms with E-state index in [1.165, 1.54) is 12.1 Å². The third kappa shape index (κ3) is 4.49. The number of halogens is 3. The summed E-state index contributed by atoms with van der Waals surface area (Å²) in [5, 5.41) is 2.79. The number of amides is 2. The molecular weight excluding hydrogens is 321 g/mol. The van der Waals surface area contributed by atoms with E-state index >= 15 is 0 Å². The van der Waals surface area contributed by atoms with Gasteiger partial charge in [-0.25, -0.2) is 0 Å². The number of hydrogen-bond acceptors (Lipinski definition) is 2. The van der Waals surface area contributed by atoms with Gasteiger partial charge >= 0.3 is 6.18 Å². The van der Waals surface area contributed by atoms with E-state index in [2.05, 4.69) is 5.32 Å². The Morgan fingerprint density at radius 3 is 2.42 bits per heavy atom. The van der Waals surface area contributed by atoms with Crippen LogP contribution in [0.2, 0.25) is 0 Å². The van der Waals surface area contributed by atoms with Crippen LogP contribution in [0, 0.1) is 5.92 Å². The summed E-state index contributed by atoms with van der Waals surface area (Å²) in [6, 6.07) is 4.25. The maximum atomic E-state index is 12.6. The van der Waals surface area contributed by atoms with Crippen molar-refractivity contribution in [2.24, 2.45) is 5.92 Å². The zero-order valence-electron chi connectivity index (χ0n) is 13.5. The SMILES string of the molecule is CCNC(=O)C1CCCN(C(=O)c2ccc(C(F)(F)F)cc2)CC1. The fourth-order valence-electron chi connectivity index (χ4n) is 2.86. The Morgan fingerprint density at radius 1 is 1.17 bits per heavy atom. The minimum absolute atomic E-state index is 0.00123. The highest BCUT2D eigenvalue weighted by atomic mass is 19.4. The van der Waals surface area contributed by atoms with Crippen LogP contribution in [0.15, 0.2) is 24.3 Å². The Labute approximate surface area is 139 Å². The molecule has 24 heavy (non-hydrogen) atoms. The molecule has 0 aromatic heterocycles. The summed E-state index contributed by atoms with van der Waals surface area (Å²) in [4.78, 5) is 26.0. The van der Waals surface area contributed by atoms with Crippen molar-refractivity contribution in [3.05, 3.63) is 35.4 Å². The zero-order valence-corrected chi connectivity index (χ0v) is 13.5. The summed E-state index contributed by atoms with van der Waals surface area (Å²) in [5.74, 6) is -0.406. The number of likely N-dealkylation sites (tertiary alicyclic amines) is 1. The maximum Gasteiger partial charge on any atom is 0.416 e. The molecule has 1 saturated heterocycles. The number of carbonyl (C=O) groups excluding carboxylic acids is 2. The minimum Gasteiger partial charge on any atom is -0.356 e. The normalized spacial score (nSPS) is 18.8. The summed E-state index contributed by atoms with van der Waals surface area (Å²) in [5.41, 5.74) is -0.536. The van der Waals surface area contributed by atoms with Gasteiger partial charge in [0, 0.05) is 31.1 Å². The van der Waals surface area contributed by atoms with E-state index in [1.807, 2.05) is 6.92 Å². The molecule has 1 aromatic rings. The number of hydrogen-bond donors (Lipinski definition) is 1. The first kappa shape index (κ1) is 18.3. The third-order valence-electron chi connectivity index (χ3n) is 4.20. The molecule has 1 aliphatic heterocycles. The van der Waals surface area contributed by atoms with Crippen LogP contribution in [-0.4, -0.2) is 36.3 Å². The Kier molecular flexibility index (Phi) is 5.85. The van der Waals surface area contributed by atoms with Gasteiger partial charge in [-0.15, -0.1) is 0 Å². The molecule has 2 rings (SSSR count). The van der Waals surface area contributed by atoms with Crippen molar-refractivity contribution in [3.63, 3.8) is 0 Å². The van der Waals surface area contributed by atoms with Crippen molar-refractivity contribution in [2.45, 2.75) is 32.4 Å². The number of benzene rings is 1. The molecule has 1 heterocycles. The maximum absolute atomic E-state index is 12.6. The predicted molar refractivity (Wildman–Crippen MR) is 83.4 cm³/mol. The summed E-state index contributed by atoms with van der Waals surface area (Å²) in [6.07, 6.45) is -2.43. The number of rotatable bonds is 3. The highest BCUT2D eigenvalue weighted by Crippen LogP contribution is 2.29. The molecule has 0 aliphatic carbocycles. The Balaban J connectivity index is 2.01. The van der Waals surface area contributed by atoms with Crippen molar-refractivity contribution in [3.8, 4) is 0 Å². The van der Waals surface area contributed by atoms with Crippen molar-refractivity contribution >= 4 is 11.8 Å². The number of nitrogens with one attached hydrogen (secondary N) is 1. The van der Waals surface area contributed by atoms with Gasteiger partial charge in [0.05, 0.1) is 5.56 Å². The monoisotopic (exact) mass is 342 g/mol. The molecule has 0 saturated carbocycles. The van der Waals surface area contributed by atoms with Crippen LogP contribution in [0.4, 0.5) is 13.2 Å². The highest BCUT2D eigenvalue weighted by Gasteiger charge is 2.31. The first-order chi connectivity index (χ1) is 11.3. The van der Waals surface area contributed by atoms with E-state index in [-0.39, 0.29) is 23.3 Å². The number of nitrogens with zero attached hydrogens (tertiary/aromatic N) is 1. The summed E-state index contributed by atoms with van der Waals surface area (Å²) >= 11 is 0. The molecule has 1 aliphatic rings. The molecule has 1 atom stereocenters. The second-order valence-electron chi connectivity index (χ2n) is 5.89. The minimum atomic E-state index is -4.41. The average molecular weight is 342 g/mol. The van der Waals surface area contributed by atoms with Crippen molar-refractivity contribution < 1.29 is 22.8 Å². The lowest BCUT2D eigenvalue weighted by atomic mass is 10.00. The molecule has 7 heteroatoms. The van der Waals surface area contributed by atoms with E-state index in [4.69, 9.17) is 0 Å². The molecule has 1 N–H and O–H groups in total. The van der Waals surface area contributed by atoms with Gasteiger partial charge in [0.2, 0.25) is 5.91 Å². The second kappa shape index (κ2) is 7.68. The molecule has 0 bridgehead atoms. The summed E-state index contributed by atoms with van der Waals surface area (Å²) in [6.45, 7) is 3.37. The summed E-state index contributed by atoms with van der Waals surface area (Å²) < 4.78 is 37.7. The van der Waals surface area contributed by atoms with Gasteiger partial charge in [0.25, 0.3) is 5.91 Å². The van der Waals surface area contributed by atoms with Crippen molar-refractivity contribution in [2.75, 3.05) is 19.6 Å². The fraction of sp³-hybridized carbons (Fsp3) is 0.529. The van der Waals surface area contributed by atoms with E-state index < -0.39 is 11.7 Å². The Hall–Kier alpha value is -2.05. The first-order valence-corrected chi connectivity index (χ1v) is 8.07. The lowest BCUT2D eigenvalue weighted by molar-refractivity contribution is -0.137. The van der Waals surface area contributed by atoms with Crippen molar-refractivity contribution in [1.29, 1.82) is 0 Å². The van der Waals surface area contributed by atoms with E-state index in [0.29, 0.717) is 38.9 Å². The van der Waals surface area contributed by atoms with Gasteiger partial charge in [-0.3, -0.25) is 9.59 Å². The summed E-state index contributed by atoms with van der Waals surface area (Å²) in [7, 11) is 0. The van der Waals surface area contributed by atoms with Crippen LogP contribution in [0.3, 0.4) is 0 Å². The van der Waals surface area contributed by atoms with E-state index in [1.54, 1.807) is 4.90 Å². The molecule has 0 radical (unpaired) electrons. The second-order valence-corrected chi connectivity index (χ2v) is 5.89. The number of alkyl halides is 3. The topological polar surface area (TPSA) is 49.4 Å². The van der Waals surface area contributed by atoms with Gasteiger partial charge in [-0.2, -0.15) is 13.2 Å². The smallest absolute Gasteiger partial charge is 0.356 e. The zero-order chi connectivity index (χ0) is 17.7. The van der Waals surface area contributed by atoms with Crippen LogP contribution in [0.1, 0.15) is 42.1 Å². The highest BCUT2D eigenvalue weighted by molar-refractivity contribution is 5.94. The van der Waals surface area contributed by atoms with Crippen LogP contribution in [0.25, 0.3) is 0 Å². The van der Waals surface area contributed by atoms with E-state index in [0.717, 1.165) is 12.1 Å². The number of carbonyl (C=O) groups is 2. The van der Waals surface area contributed by atoms with Crippen molar-refractivity contribution in [1.82, 2.24) is 10.2 Å². The van der Waals surface area contributed by atoms with Crippen LogP contribution in [-0.2, 0) is 11.0 Å². The molecular formula is C17H21F3N2O2.